The van der Waals surface area contributed by atoms with E-state index in [-0.39, 0.29) is 18.9 Å². The summed E-state index contributed by atoms with van der Waals surface area (Å²) in [4.78, 5) is 14.3. The minimum Gasteiger partial charge on any atom is -0.300 e. The van der Waals surface area contributed by atoms with Crippen molar-refractivity contribution in [3.63, 3.8) is 0 Å². The second-order valence-electron chi connectivity index (χ2n) is 6.30. The van der Waals surface area contributed by atoms with Crippen molar-refractivity contribution in [3.8, 4) is 12.3 Å². The lowest BCUT2D eigenvalue weighted by molar-refractivity contribution is -0.119. The summed E-state index contributed by atoms with van der Waals surface area (Å²) in [6.45, 7) is 0.182. The van der Waals surface area contributed by atoms with Gasteiger partial charge in [-0.2, -0.15) is 0 Å². The highest BCUT2D eigenvalue weighted by molar-refractivity contribution is 6.31. The maximum absolute atomic E-state index is 14.7. The Morgan fingerprint density at radius 2 is 1.92 bits per heavy atom. The minimum atomic E-state index is -0.452. The van der Waals surface area contributed by atoms with Gasteiger partial charge in [0.05, 0.1) is 6.54 Å². The Morgan fingerprint density at radius 3 is 2.69 bits per heavy atom. The topological polar surface area (TPSA) is 20.3 Å². The Morgan fingerprint density at radius 1 is 1.12 bits per heavy atom. The summed E-state index contributed by atoms with van der Waals surface area (Å²) in [5.74, 6) is 1.55. The summed E-state index contributed by atoms with van der Waals surface area (Å²) in [7, 11) is 0. The molecule has 1 aliphatic heterocycles. The third-order valence-electron chi connectivity index (χ3n) is 4.86. The van der Waals surface area contributed by atoms with E-state index in [1.54, 1.807) is 17.0 Å². The smallest absolute Gasteiger partial charge is 0.228 e. The molecule has 0 saturated carbocycles. The molecular formula is C22H15ClFNO. The van der Waals surface area contributed by atoms with Crippen molar-refractivity contribution in [2.45, 2.75) is 12.3 Å². The molecule has 3 aromatic rings. The third kappa shape index (κ3) is 2.55. The fourth-order valence-corrected chi connectivity index (χ4v) is 4.06. The van der Waals surface area contributed by atoms with E-state index in [4.69, 9.17) is 18.0 Å². The first-order valence-corrected chi connectivity index (χ1v) is 8.69. The molecule has 0 bridgehead atoms. The molecule has 3 aromatic carbocycles. The van der Waals surface area contributed by atoms with E-state index >= 15 is 0 Å². The van der Waals surface area contributed by atoms with Crippen LogP contribution in [-0.4, -0.2) is 12.5 Å². The van der Waals surface area contributed by atoms with E-state index in [0.717, 1.165) is 22.0 Å². The van der Waals surface area contributed by atoms with Gasteiger partial charge < -0.3 is 4.90 Å². The van der Waals surface area contributed by atoms with Gasteiger partial charge in [-0.15, -0.1) is 6.42 Å². The number of halogens is 2. The number of carbonyl (C=O) groups is 1. The van der Waals surface area contributed by atoms with E-state index in [9.17, 15) is 9.18 Å². The predicted molar refractivity (Wildman–Crippen MR) is 103 cm³/mol. The zero-order chi connectivity index (χ0) is 18.3. The second-order valence-corrected chi connectivity index (χ2v) is 6.70. The Labute approximate surface area is 156 Å². The first-order valence-electron chi connectivity index (χ1n) is 8.31. The summed E-state index contributed by atoms with van der Waals surface area (Å²) in [6.07, 6.45) is 5.59. The van der Waals surface area contributed by atoms with Crippen LogP contribution in [0.2, 0.25) is 5.02 Å². The SMILES string of the molecule is C#CCN1C(=O)CC(c2c(F)cccc2Cl)c2c1ccc1ccccc21. The van der Waals surface area contributed by atoms with Crippen molar-refractivity contribution in [2.75, 3.05) is 11.4 Å². The van der Waals surface area contributed by atoms with Crippen LogP contribution in [0, 0.1) is 18.2 Å². The number of benzene rings is 3. The molecule has 0 aromatic heterocycles. The zero-order valence-electron chi connectivity index (χ0n) is 13.9. The molecular weight excluding hydrogens is 349 g/mol. The Bertz CT molecular complexity index is 1050. The van der Waals surface area contributed by atoms with Crippen LogP contribution in [0.3, 0.4) is 0 Å². The number of hydrogen-bond acceptors (Lipinski definition) is 1. The quantitative estimate of drug-likeness (QED) is 0.578. The molecule has 0 spiro atoms. The van der Waals surface area contributed by atoms with Crippen LogP contribution < -0.4 is 4.90 Å². The molecule has 1 atom stereocenters. The van der Waals surface area contributed by atoms with E-state index < -0.39 is 11.7 Å². The first-order chi connectivity index (χ1) is 12.6. The average Bonchev–Trinajstić information content (AvgIpc) is 2.64. The fourth-order valence-electron chi connectivity index (χ4n) is 3.76. The summed E-state index contributed by atoms with van der Waals surface area (Å²) in [6, 6.07) is 16.3. The second kappa shape index (κ2) is 6.48. The molecule has 0 N–H and O–H groups in total. The molecule has 1 unspecified atom stereocenters. The third-order valence-corrected chi connectivity index (χ3v) is 5.19. The molecule has 2 nitrogen and oxygen atoms in total. The van der Waals surface area contributed by atoms with Crippen LogP contribution in [0.5, 0.6) is 0 Å². The van der Waals surface area contributed by atoms with Crippen molar-refractivity contribution in [2.24, 2.45) is 0 Å². The predicted octanol–water partition coefficient (Wildman–Crippen LogP) is 5.13. The Hall–Kier alpha value is -2.83. The molecule has 128 valence electrons. The number of terminal acetylenes is 1. The van der Waals surface area contributed by atoms with Gasteiger partial charge in [0.1, 0.15) is 5.82 Å². The zero-order valence-corrected chi connectivity index (χ0v) is 14.6. The number of rotatable bonds is 2. The number of fused-ring (bicyclic) bond motifs is 3. The van der Waals surface area contributed by atoms with Gasteiger partial charge >= 0.3 is 0 Å². The van der Waals surface area contributed by atoms with Crippen LogP contribution in [0.25, 0.3) is 10.8 Å². The maximum atomic E-state index is 14.7. The van der Waals surface area contributed by atoms with Gasteiger partial charge in [-0.25, -0.2) is 4.39 Å². The summed E-state index contributed by atoms with van der Waals surface area (Å²) in [5.41, 5.74) is 1.98. The highest BCUT2D eigenvalue weighted by Gasteiger charge is 2.35. The highest BCUT2D eigenvalue weighted by Crippen LogP contribution is 2.46. The molecule has 4 rings (SSSR count). The fraction of sp³-hybridized carbons (Fsp3) is 0.136. The lowest BCUT2D eigenvalue weighted by atomic mass is 9.81. The number of hydrogen-bond donors (Lipinski definition) is 0. The molecule has 4 heteroatoms. The lowest BCUT2D eigenvalue weighted by Gasteiger charge is -2.34. The number of amides is 1. The summed E-state index contributed by atoms with van der Waals surface area (Å²) >= 11 is 6.33. The van der Waals surface area contributed by atoms with Gasteiger partial charge in [-0.3, -0.25) is 4.79 Å². The van der Waals surface area contributed by atoms with Gasteiger partial charge in [0.15, 0.2) is 0 Å². The minimum absolute atomic E-state index is 0.128. The first kappa shape index (κ1) is 16.6. The Balaban J connectivity index is 2.05. The van der Waals surface area contributed by atoms with Gasteiger partial charge in [0, 0.05) is 28.6 Å². The van der Waals surface area contributed by atoms with E-state index in [1.165, 1.54) is 6.07 Å². The maximum Gasteiger partial charge on any atom is 0.228 e. The largest absolute Gasteiger partial charge is 0.300 e. The van der Waals surface area contributed by atoms with E-state index in [0.29, 0.717) is 10.6 Å². The number of nitrogens with zero attached hydrogens (tertiary/aromatic N) is 1. The van der Waals surface area contributed by atoms with Crippen molar-refractivity contribution in [1.29, 1.82) is 0 Å². The van der Waals surface area contributed by atoms with Crippen molar-refractivity contribution >= 4 is 34.0 Å². The number of anilines is 1. The van der Waals surface area contributed by atoms with Gasteiger partial charge in [-0.1, -0.05) is 53.9 Å². The van der Waals surface area contributed by atoms with Gasteiger partial charge in [-0.05, 0) is 34.5 Å². The molecule has 1 amide bonds. The van der Waals surface area contributed by atoms with E-state index in [1.807, 2.05) is 36.4 Å². The van der Waals surface area contributed by atoms with Crippen molar-refractivity contribution in [3.05, 3.63) is 76.6 Å². The Kier molecular flexibility index (Phi) is 4.14. The molecule has 0 fully saturated rings. The standard InChI is InChI=1S/C22H15ClFNO/c1-2-12-25-19-11-10-14-6-3-4-7-15(14)21(19)16(13-20(25)26)22-17(23)8-5-9-18(22)24/h1,3-11,16H,12-13H2. The summed E-state index contributed by atoms with van der Waals surface area (Å²) in [5, 5.41) is 2.33. The summed E-state index contributed by atoms with van der Waals surface area (Å²) < 4.78 is 14.7. The van der Waals surface area contributed by atoms with Gasteiger partial charge in [0.2, 0.25) is 5.91 Å². The van der Waals surface area contributed by atoms with Crippen molar-refractivity contribution in [1.82, 2.24) is 0 Å². The van der Waals surface area contributed by atoms with E-state index in [2.05, 4.69) is 5.92 Å². The molecule has 0 radical (unpaired) electrons. The molecule has 1 heterocycles. The van der Waals surface area contributed by atoms with Crippen LogP contribution in [0.1, 0.15) is 23.5 Å². The molecule has 0 aliphatic carbocycles. The number of carbonyl (C=O) groups excluding carboxylic acids is 1. The van der Waals surface area contributed by atoms with Crippen LogP contribution in [-0.2, 0) is 4.79 Å². The van der Waals surface area contributed by atoms with Crippen LogP contribution in [0.4, 0.5) is 10.1 Å². The lowest BCUT2D eigenvalue weighted by Crippen LogP contribution is -2.37. The average molecular weight is 364 g/mol. The normalized spacial score (nSPS) is 16.4. The van der Waals surface area contributed by atoms with Crippen molar-refractivity contribution < 1.29 is 9.18 Å². The highest BCUT2D eigenvalue weighted by atomic mass is 35.5. The molecule has 0 saturated heterocycles. The molecule has 1 aliphatic rings. The van der Waals surface area contributed by atoms with Crippen LogP contribution >= 0.6 is 11.6 Å². The monoisotopic (exact) mass is 363 g/mol. The van der Waals surface area contributed by atoms with Crippen LogP contribution in [0.15, 0.2) is 54.6 Å². The molecule has 26 heavy (non-hydrogen) atoms. The van der Waals surface area contributed by atoms with Gasteiger partial charge in [0.25, 0.3) is 0 Å².